The van der Waals surface area contributed by atoms with E-state index in [2.05, 4.69) is 22.9 Å². The fourth-order valence-electron chi connectivity index (χ4n) is 3.14. The van der Waals surface area contributed by atoms with Gasteiger partial charge in [0.05, 0.1) is 0 Å². The first kappa shape index (κ1) is 16.2. The van der Waals surface area contributed by atoms with Gasteiger partial charge in [-0.05, 0) is 43.6 Å². The summed E-state index contributed by atoms with van der Waals surface area (Å²) in [6.07, 6.45) is 2.03. The smallest absolute Gasteiger partial charge is 0.131 e. The Morgan fingerprint density at radius 1 is 0.957 bits per heavy atom. The van der Waals surface area contributed by atoms with E-state index in [1.165, 1.54) is 0 Å². The van der Waals surface area contributed by atoms with Gasteiger partial charge in [0, 0.05) is 31.7 Å². The largest absolute Gasteiger partial charge is 0.304 e. The minimum absolute atomic E-state index is 0.117. The maximum Gasteiger partial charge on any atom is 0.131 e. The van der Waals surface area contributed by atoms with Gasteiger partial charge in [-0.25, -0.2) is 4.39 Å². The van der Waals surface area contributed by atoms with Crippen LogP contribution in [0.4, 0.5) is 4.39 Å². The molecule has 1 aliphatic rings. The van der Waals surface area contributed by atoms with Crippen molar-refractivity contribution in [3.63, 3.8) is 0 Å². The lowest BCUT2D eigenvalue weighted by Gasteiger charge is -2.32. The Hall–Kier alpha value is -1.71. The molecule has 1 fully saturated rings. The SMILES string of the molecule is CN1CCN(CCCc2ccc(-c3ccccc3)c(F)c2)CC1. The Balaban J connectivity index is 1.54. The zero-order chi connectivity index (χ0) is 16.1. The second-order valence-corrected chi connectivity index (χ2v) is 6.43. The van der Waals surface area contributed by atoms with E-state index in [-0.39, 0.29) is 5.82 Å². The van der Waals surface area contributed by atoms with Gasteiger partial charge in [0.1, 0.15) is 5.82 Å². The Kier molecular flexibility index (Phi) is 5.42. The Morgan fingerprint density at radius 3 is 2.39 bits per heavy atom. The number of likely N-dealkylation sites (N-methyl/N-ethyl adjacent to an activating group) is 1. The molecule has 2 nitrogen and oxygen atoms in total. The van der Waals surface area contributed by atoms with Crippen LogP contribution in [0.1, 0.15) is 12.0 Å². The molecule has 1 saturated heterocycles. The molecule has 0 N–H and O–H groups in total. The van der Waals surface area contributed by atoms with Gasteiger partial charge in [-0.1, -0.05) is 42.5 Å². The highest BCUT2D eigenvalue weighted by Crippen LogP contribution is 2.23. The lowest BCUT2D eigenvalue weighted by atomic mass is 10.0. The summed E-state index contributed by atoms with van der Waals surface area (Å²) < 4.78 is 14.3. The highest BCUT2D eigenvalue weighted by atomic mass is 19.1. The van der Waals surface area contributed by atoms with Crippen molar-refractivity contribution in [1.29, 1.82) is 0 Å². The Morgan fingerprint density at radius 2 is 1.70 bits per heavy atom. The second-order valence-electron chi connectivity index (χ2n) is 6.43. The van der Waals surface area contributed by atoms with Crippen molar-refractivity contribution in [2.45, 2.75) is 12.8 Å². The minimum atomic E-state index is -0.117. The monoisotopic (exact) mass is 312 g/mol. The zero-order valence-electron chi connectivity index (χ0n) is 13.8. The number of rotatable bonds is 5. The molecule has 0 saturated carbocycles. The predicted octanol–water partition coefficient (Wildman–Crippen LogP) is 3.67. The molecule has 0 amide bonds. The van der Waals surface area contributed by atoms with Crippen molar-refractivity contribution >= 4 is 0 Å². The highest BCUT2D eigenvalue weighted by Gasteiger charge is 2.13. The van der Waals surface area contributed by atoms with E-state index >= 15 is 0 Å². The van der Waals surface area contributed by atoms with Crippen molar-refractivity contribution in [3.8, 4) is 11.1 Å². The maximum atomic E-state index is 14.3. The van der Waals surface area contributed by atoms with Crippen LogP contribution in [0.25, 0.3) is 11.1 Å². The minimum Gasteiger partial charge on any atom is -0.304 e. The van der Waals surface area contributed by atoms with Gasteiger partial charge in [-0.3, -0.25) is 0 Å². The van der Waals surface area contributed by atoms with Crippen LogP contribution in [0.3, 0.4) is 0 Å². The van der Waals surface area contributed by atoms with E-state index < -0.39 is 0 Å². The van der Waals surface area contributed by atoms with Gasteiger partial charge in [0.2, 0.25) is 0 Å². The number of aryl methyl sites for hydroxylation is 1. The van der Waals surface area contributed by atoms with E-state index in [0.717, 1.165) is 56.7 Å². The average molecular weight is 312 g/mol. The van der Waals surface area contributed by atoms with E-state index in [1.807, 2.05) is 36.4 Å². The van der Waals surface area contributed by atoms with E-state index in [9.17, 15) is 4.39 Å². The summed E-state index contributed by atoms with van der Waals surface area (Å²) in [5, 5.41) is 0. The molecule has 23 heavy (non-hydrogen) atoms. The number of benzene rings is 2. The number of nitrogens with zero attached hydrogens (tertiary/aromatic N) is 2. The Bertz CT molecular complexity index is 619. The van der Waals surface area contributed by atoms with Gasteiger partial charge < -0.3 is 9.80 Å². The molecule has 0 radical (unpaired) electrons. The molecule has 1 aliphatic heterocycles. The first-order chi connectivity index (χ1) is 11.2. The van der Waals surface area contributed by atoms with E-state index in [4.69, 9.17) is 0 Å². The van der Waals surface area contributed by atoms with Crippen molar-refractivity contribution in [2.75, 3.05) is 39.8 Å². The molecule has 2 aromatic carbocycles. The number of piperazine rings is 1. The molecule has 122 valence electrons. The van der Waals surface area contributed by atoms with Crippen molar-refractivity contribution in [1.82, 2.24) is 9.80 Å². The van der Waals surface area contributed by atoms with Crippen LogP contribution < -0.4 is 0 Å². The van der Waals surface area contributed by atoms with Gasteiger partial charge in [-0.15, -0.1) is 0 Å². The summed E-state index contributed by atoms with van der Waals surface area (Å²) in [7, 11) is 2.18. The van der Waals surface area contributed by atoms with Gasteiger partial charge in [0.25, 0.3) is 0 Å². The quantitative estimate of drug-likeness (QED) is 0.831. The van der Waals surface area contributed by atoms with Crippen LogP contribution in [0.5, 0.6) is 0 Å². The molecule has 0 spiro atoms. The van der Waals surface area contributed by atoms with Crippen LogP contribution in [-0.2, 0) is 6.42 Å². The standard InChI is InChI=1S/C20H25FN2/c1-22-12-14-23(15-13-22)11-5-6-17-9-10-19(20(21)16-17)18-7-3-2-4-8-18/h2-4,7-10,16H,5-6,11-15H2,1H3. The fourth-order valence-corrected chi connectivity index (χ4v) is 3.14. The van der Waals surface area contributed by atoms with Gasteiger partial charge in [-0.2, -0.15) is 0 Å². The zero-order valence-corrected chi connectivity index (χ0v) is 13.8. The first-order valence-corrected chi connectivity index (χ1v) is 8.47. The van der Waals surface area contributed by atoms with Crippen LogP contribution in [0.15, 0.2) is 48.5 Å². The molecular formula is C20H25FN2. The van der Waals surface area contributed by atoms with E-state index in [1.54, 1.807) is 6.07 Å². The molecular weight excluding hydrogens is 287 g/mol. The lowest BCUT2D eigenvalue weighted by Crippen LogP contribution is -2.44. The third-order valence-corrected chi connectivity index (χ3v) is 4.65. The molecule has 2 aromatic rings. The average Bonchev–Trinajstić information content (AvgIpc) is 2.58. The van der Waals surface area contributed by atoms with Crippen LogP contribution in [0.2, 0.25) is 0 Å². The van der Waals surface area contributed by atoms with Gasteiger partial charge >= 0.3 is 0 Å². The Labute approximate surface area is 138 Å². The fraction of sp³-hybridized carbons (Fsp3) is 0.400. The molecule has 0 aliphatic carbocycles. The summed E-state index contributed by atoms with van der Waals surface area (Å²) in [5.41, 5.74) is 2.72. The number of halogens is 1. The molecule has 0 atom stereocenters. The number of hydrogen-bond acceptors (Lipinski definition) is 2. The van der Waals surface area contributed by atoms with Crippen LogP contribution in [-0.4, -0.2) is 49.6 Å². The molecule has 3 heteroatoms. The highest BCUT2D eigenvalue weighted by molar-refractivity contribution is 5.64. The van der Waals surface area contributed by atoms with Crippen molar-refractivity contribution in [2.24, 2.45) is 0 Å². The second kappa shape index (κ2) is 7.71. The number of hydrogen-bond donors (Lipinski definition) is 0. The van der Waals surface area contributed by atoms with Gasteiger partial charge in [0.15, 0.2) is 0 Å². The lowest BCUT2D eigenvalue weighted by molar-refractivity contribution is 0.153. The normalized spacial score (nSPS) is 16.6. The molecule has 0 unspecified atom stereocenters. The first-order valence-electron chi connectivity index (χ1n) is 8.47. The van der Waals surface area contributed by atoms with Crippen LogP contribution >= 0.6 is 0 Å². The molecule has 0 bridgehead atoms. The summed E-state index contributed by atoms with van der Waals surface area (Å²) in [6.45, 7) is 5.71. The van der Waals surface area contributed by atoms with Crippen molar-refractivity contribution < 1.29 is 4.39 Å². The molecule has 3 rings (SSSR count). The van der Waals surface area contributed by atoms with E-state index in [0.29, 0.717) is 5.56 Å². The molecule has 0 aromatic heterocycles. The molecule has 1 heterocycles. The third-order valence-electron chi connectivity index (χ3n) is 4.65. The summed E-state index contributed by atoms with van der Waals surface area (Å²) in [4.78, 5) is 4.88. The summed E-state index contributed by atoms with van der Waals surface area (Å²) >= 11 is 0. The predicted molar refractivity (Wildman–Crippen MR) is 94.1 cm³/mol. The third kappa shape index (κ3) is 4.40. The summed E-state index contributed by atoms with van der Waals surface area (Å²) in [5.74, 6) is -0.117. The maximum absolute atomic E-state index is 14.3. The summed E-state index contributed by atoms with van der Waals surface area (Å²) in [6, 6.07) is 15.4. The van der Waals surface area contributed by atoms with Crippen molar-refractivity contribution in [3.05, 3.63) is 59.9 Å². The van der Waals surface area contributed by atoms with Crippen LogP contribution in [0, 0.1) is 5.82 Å². The topological polar surface area (TPSA) is 6.48 Å².